The highest BCUT2D eigenvalue weighted by Crippen LogP contribution is 2.41. The number of aryl methyl sites for hydroxylation is 1. The van der Waals surface area contributed by atoms with Crippen LogP contribution >= 0.6 is 12.4 Å². The Labute approximate surface area is 264 Å². The fourth-order valence-corrected chi connectivity index (χ4v) is 6.32. The number of aliphatic hydroxyl groups is 1. The molecule has 1 saturated heterocycles. The van der Waals surface area contributed by atoms with E-state index < -0.39 is 11.6 Å². The molecule has 12 nitrogen and oxygen atoms in total. The van der Waals surface area contributed by atoms with Crippen LogP contribution in [0.4, 0.5) is 0 Å². The van der Waals surface area contributed by atoms with Crippen molar-refractivity contribution >= 4 is 24.3 Å². The van der Waals surface area contributed by atoms with Gasteiger partial charge in [0.15, 0.2) is 5.69 Å². The summed E-state index contributed by atoms with van der Waals surface area (Å²) in [5.74, 6) is -0.315. The van der Waals surface area contributed by atoms with Crippen molar-refractivity contribution in [1.29, 1.82) is 0 Å². The maximum absolute atomic E-state index is 14.3. The van der Waals surface area contributed by atoms with Gasteiger partial charge in [-0.05, 0) is 19.8 Å². The number of hydrogen-bond acceptors (Lipinski definition) is 9. The summed E-state index contributed by atoms with van der Waals surface area (Å²) in [6, 6.07) is 9.34. The summed E-state index contributed by atoms with van der Waals surface area (Å²) >= 11 is 0. The molecule has 3 heterocycles. The molecule has 1 aliphatic carbocycles. The molecule has 5 rings (SSSR count). The maximum atomic E-state index is 14.3. The molecule has 0 unspecified atom stereocenters. The standard InChI is InChI=1S/C31H42N6O6.ClH/c1-4-42-30(39)24-19-34-35(2)29(24)43-17-13-23-18-32-15-16-36(23)28(38)26-27(22-10-6-5-7-11-22)37(21-33-26)25-12-8-9-14-31(25,40)20-41-3;/h5-7,10-11,19,21,23,25,32,40H,4,8-9,12-18,20H2,1-3H3;1H/t23-,25-,31-;/m1./s1. The summed E-state index contributed by atoms with van der Waals surface area (Å²) in [4.78, 5) is 33.1. The van der Waals surface area contributed by atoms with E-state index in [1.54, 1.807) is 27.4 Å². The first-order valence-corrected chi connectivity index (χ1v) is 15.0. The number of carbonyl (C=O) groups excluding carboxylic acids is 2. The molecule has 13 heteroatoms. The first-order chi connectivity index (χ1) is 20.9. The Hall–Kier alpha value is -3.45. The minimum Gasteiger partial charge on any atom is -0.477 e. The van der Waals surface area contributed by atoms with Gasteiger partial charge in [0, 0.05) is 51.8 Å². The van der Waals surface area contributed by atoms with E-state index in [1.807, 2.05) is 39.8 Å². The van der Waals surface area contributed by atoms with Gasteiger partial charge in [0.05, 0.1) is 44.1 Å². The van der Waals surface area contributed by atoms with E-state index in [4.69, 9.17) is 14.2 Å². The third-order valence-corrected chi connectivity index (χ3v) is 8.41. The van der Waals surface area contributed by atoms with E-state index in [9.17, 15) is 14.7 Å². The fourth-order valence-electron chi connectivity index (χ4n) is 6.32. The van der Waals surface area contributed by atoms with Crippen molar-refractivity contribution in [2.45, 2.75) is 56.7 Å². The zero-order chi connectivity index (χ0) is 30.4. The predicted molar refractivity (Wildman–Crippen MR) is 166 cm³/mol. The molecular weight excluding hydrogens is 588 g/mol. The lowest BCUT2D eigenvalue weighted by Gasteiger charge is -2.41. The fraction of sp³-hybridized carbons (Fsp3) is 0.548. The van der Waals surface area contributed by atoms with Crippen molar-refractivity contribution in [2.75, 3.05) is 46.6 Å². The number of methoxy groups -OCH3 is 1. The molecule has 240 valence electrons. The highest BCUT2D eigenvalue weighted by molar-refractivity contribution is 5.98. The lowest BCUT2D eigenvalue weighted by atomic mass is 9.80. The molecule has 1 aromatic carbocycles. The van der Waals surface area contributed by atoms with Gasteiger partial charge in [0.25, 0.3) is 5.91 Å². The number of nitrogens with one attached hydrogen (secondary N) is 1. The predicted octanol–water partition coefficient (Wildman–Crippen LogP) is 3.26. The monoisotopic (exact) mass is 630 g/mol. The smallest absolute Gasteiger partial charge is 0.345 e. The van der Waals surface area contributed by atoms with E-state index in [-0.39, 0.29) is 55.8 Å². The van der Waals surface area contributed by atoms with Crippen molar-refractivity contribution < 1.29 is 28.9 Å². The van der Waals surface area contributed by atoms with Crippen LogP contribution in [0.5, 0.6) is 5.88 Å². The van der Waals surface area contributed by atoms with Gasteiger partial charge in [-0.3, -0.25) is 4.79 Å². The van der Waals surface area contributed by atoms with Gasteiger partial charge in [-0.2, -0.15) is 5.10 Å². The van der Waals surface area contributed by atoms with E-state index in [1.165, 1.54) is 10.9 Å². The lowest BCUT2D eigenvalue weighted by Crippen LogP contribution is -2.54. The van der Waals surface area contributed by atoms with Gasteiger partial charge in [-0.15, -0.1) is 12.4 Å². The van der Waals surface area contributed by atoms with Crippen LogP contribution in [0.2, 0.25) is 0 Å². The van der Waals surface area contributed by atoms with Crippen LogP contribution in [-0.4, -0.2) is 99.4 Å². The number of halogens is 1. The van der Waals surface area contributed by atoms with Crippen LogP contribution in [-0.2, 0) is 16.5 Å². The largest absolute Gasteiger partial charge is 0.477 e. The second-order valence-corrected chi connectivity index (χ2v) is 11.2. The molecule has 1 aliphatic heterocycles. The Morgan fingerprint density at radius 1 is 1.20 bits per heavy atom. The number of esters is 1. The Balaban J connectivity index is 0.00000442. The van der Waals surface area contributed by atoms with Crippen molar-refractivity contribution in [1.82, 2.24) is 29.5 Å². The van der Waals surface area contributed by atoms with Gasteiger partial charge in [0.1, 0.15) is 11.2 Å². The van der Waals surface area contributed by atoms with Crippen molar-refractivity contribution in [3.8, 4) is 17.1 Å². The van der Waals surface area contributed by atoms with Crippen LogP contribution in [0.1, 0.15) is 65.9 Å². The Morgan fingerprint density at radius 2 is 2.00 bits per heavy atom. The van der Waals surface area contributed by atoms with Crippen molar-refractivity contribution in [2.24, 2.45) is 7.05 Å². The Kier molecular flexibility index (Phi) is 11.4. The van der Waals surface area contributed by atoms with E-state index in [2.05, 4.69) is 15.4 Å². The molecule has 0 radical (unpaired) electrons. The molecule has 2 aliphatic rings. The van der Waals surface area contributed by atoms with Crippen LogP contribution in [0, 0.1) is 0 Å². The highest BCUT2D eigenvalue weighted by atomic mass is 35.5. The number of carbonyl (C=O) groups is 2. The van der Waals surface area contributed by atoms with Gasteiger partial charge in [-0.25, -0.2) is 14.5 Å². The second-order valence-electron chi connectivity index (χ2n) is 11.2. The average Bonchev–Trinajstić information content (AvgIpc) is 3.62. The normalized spacial score (nSPS) is 21.9. The third-order valence-electron chi connectivity index (χ3n) is 8.41. The first kappa shape index (κ1) is 33.4. The molecule has 3 atom stereocenters. The average molecular weight is 631 g/mol. The number of ether oxygens (including phenoxy) is 3. The molecule has 0 bridgehead atoms. The molecule has 2 N–H and O–H groups in total. The summed E-state index contributed by atoms with van der Waals surface area (Å²) in [5, 5.41) is 19.2. The molecule has 3 aromatic rings. The summed E-state index contributed by atoms with van der Waals surface area (Å²) in [7, 11) is 3.31. The molecule has 0 spiro atoms. The minimum absolute atomic E-state index is 0. The SMILES string of the molecule is CCOC(=O)c1cnn(C)c1OCC[C@@H]1CNCCN1C(=O)c1ncn([C@@H]2CCCC[C@@]2(O)COC)c1-c1ccccc1.Cl. The topological polar surface area (TPSA) is 133 Å². The van der Waals surface area contributed by atoms with E-state index >= 15 is 0 Å². The first-order valence-electron chi connectivity index (χ1n) is 15.0. The number of hydrogen-bond donors (Lipinski definition) is 2. The Morgan fingerprint density at radius 3 is 2.75 bits per heavy atom. The minimum atomic E-state index is -1.05. The van der Waals surface area contributed by atoms with Crippen LogP contribution in [0.25, 0.3) is 11.3 Å². The number of benzene rings is 1. The molecule has 2 fully saturated rings. The quantitative estimate of drug-likeness (QED) is 0.306. The summed E-state index contributed by atoms with van der Waals surface area (Å²) in [6.45, 7) is 4.26. The molecular formula is C31H43ClN6O6. The summed E-state index contributed by atoms with van der Waals surface area (Å²) in [6.07, 6.45) is 6.94. The number of amides is 1. The van der Waals surface area contributed by atoms with Gasteiger partial charge in [-0.1, -0.05) is 43.2 Å². The number of piperazine rings is 1. The molecule has 44 heavy (non-hydrogen) atoms. The van der Waals surface area contributed by atoms with Crippen LogP contribution < -0.4 is 10.1 Å². The second kappa shape index (κ2) is 15.0. The number of nitrogens with zero attached hydrogens (tertiary/aromatic N) is 5. The summed E-state index contributed by atoms with van der Waals surface area (Å²) < 4.78 is 20.1. The molecule has 2 aromatic heterocycles. The molecule has 1 saturated carbocycles. The summed E-state index contributed by atoms with van der Waals surface area (Å²) in [5.41, 5.74) is 1.15. The molecule has 1 amide bonds. The van der Waals surface area contributed by atoms with Crippen LogP contribution in [0.15, 0.2) is 42.9 Å². The maximum Gasteiger partial charge on any atom is 0.345 e. The Bertz CT molecular complexity index is 1390. The van der Waals surface area contributed by atoms with Crippen molar-refractivity contribution in [3.05, 3.63) is 54.1 Å². The van der Waals surface area contributed by atoms with Crippen LogP contribution in [0.3, 0.4) is 0 Å². The number of imidazole rings is 1. The lowest BCUT2D eigenvalue weighted by molar-refractivity contribution is -0.0893. The van der Waals surface area contributed by atoms with Crippen molar-refractivity contribution in [3.63, 3.8) is 0 Å². The zero-order valence-corrected chi connectivity index (χ0v) is 26.4. The zero-order valence-electron chi connectivity index (χ0n) is 25.6. The van der Waals surface area contributed by atoms with E-state index in [0.717, 1.165) is 24.8 Å². The number of aromatic nitrogens is 4. The van der Waals surface area contributed by atoms with Gasteiger partial charge in [0.2, 0.25) is 5.88 Å². The number of rotatable bonds is 11. The third kappa shape index (κ3) is 6.93. The highest BCUT2D eigenvalue weighted by Gasteiger charge is 2.42. The van der Waals surface area contributed by atoms with Gasteiger partial charge < -0.3 is 34.1 Å². The van der Waals surface area contributed by atoms with E-state index in [0.29, 0.717) is 49.7 Å². The van der Waals surface area contributed by atoms with Gasteiger partial charge >= 0.3 is 5.97 Å².